The van der Waals surface area contributed by atoms with Gasteiger partial charge in [0.2, 0.25) is 0 Å². The van der Waals surface area contributed by atoms with Crippen LogP contribution in [0.25, 0.3) is 0 Å². The number of rotatable bonds is 5. The number of benzene rings is 1. The molecule has 5 heteroatoms. The van der Waals surface area contributed by atoms with Crippen molar-refractivity contribution in [2.45, 2.75) is 57.2 Å². The molecule has 1 spiro atoms. The molecule has 2 fully saturated rings. The Kier molecular flexibility index (Phi) is 5.80. The van der Waals surface area contributed by atoms with Crippen molar-refractivity contribution in [3.8, 4) is 0 Å². The summed E-state index contributed by atoms with van der Waals surface area (Å²) in [6.45, 7) is 3.66. The van der Waals surface area contributed by atoms with Crippen LogP contribution in [0.2, 0.25) is 5.02 Å². The summed E-state index contributed by atoms with van der Waals surface area (Å²) in [5, 5.41) is 0.797. The molecule has 0 unspecified atom stereocenters. The van der Waals surface area contributed by atoms with E-state index in [0.717, 1.165) is 36.3 Å². The van der Waals surface area contributed by atoms with Gasteiger partial charge in [-0.25, -0.2) is 0 Å². The van der Waals surface area contributed by atoms with Crippen LogP contribution in [-0.4, -0.2) is 31.6 Å². The summed E-state index contributed by atoms with van der Waals surface area (Å²) >= 11 is 6.51. The summed E-state index contributed by atoms with van der Waals surface area (Å²) in [7, 11) is 0. The molecule has 0 bridgehead atoms. The zero-order valence-corrected chi connectivity index (χ0v) is 14.9. The zero-order chi connectivity index (χ0) is 17.0. The highest BCUT2D eigenvalue weighted by Gasteiger charge is 2.40. The van der Waals surface area contributed by atoms with Crippen LogP contribution in [-0.2, 0) is 25.4 Å². The molecule has 132 valence electrons. The van der Waals surface area contributed by atoms with Crippen LogP contribution >= 0.6 is 11.6 Å². The van der Waals surface area contributed by atoms with E-state index in [0.29, 0.717) is 38.6 Å². The van der Waals surface area contributed by atoms with Crippen molar-refractivity contribution < 1.29 is 19.0 Å². The number of aryl methyl sites for hydroxylation is 1. The summed E-state index contributed by atoms with van der Waals surface area (Å²) in [4.78, 5) is 11.5. The molecule has 0 radical (unpaired) electrons. The Balaban J connectivity index is 1.58. The van der Waals surface area contributed by atoms with Crippen molar-refractivity contribution in [1.82, 2.24) is 0 Å². The van der Waals surface area contributed by atoms with Crippen molar-refractivity contribution in [2.24, 2.45) is 0 Å². The van der Waals surface area contributed by atoms with Crippen LogP contribution in [0.15, 0.2) is 18.2 Å². The highest BCUT2D eigenvalue weighted by molar-refractivity contribution is 6.31. The van der Waals surface area contributed by atoms with Crippen LogP contribution in [0.1, 0.15) is 56.1 Å². The van der Waals surface area contributed by atoms with Crippen LogP contribution in [0.3, 0.4) is 0 Å². The van der Waals surface area contributed by atoms with E-state index in [9.17, 15) is 4.79 Å². The minimum atomic E-state index is -0.331. The third-order valence-electron chi connectivity index (χ3n) is 4.99. The van der Waals surface area contributed by atoms with Crippen molar-refractivity contribution in [2.75, 3.05) is 19.8 Å². The second-order valence-corrected chi connectivity index (χ2v) is 6.95. The average Bonchev–Trinajstić information content (AvgIpc) is 3.03. The SMILES string of the molecule is CCOC(=O)CCc1ccc(C2CCC3(CC2)OCCO3)c(Cl)c1. The van der Waals surface area contributed by atoms with Gasteiger partial charge >= 0.3 is 5.97 Å². The highest BCUT2D eigenvalue weighted by Crippen LogP contribution is 2.43. The smallest absolute Gasteiger partial charge is 0.306 e. The lowest BCUT2D eigenvalue weighted by Crippen LogP contribution is -2.34. The van der Waals surface area contributed by atoms with Gasteiger partial charge < -0.3 is 14.2 Å². The van der Waals surface area contributed by atoms with Crippen molar-refractivity contribution >= 4 is 17.6 Å². The first-order valence-corrected chi connectivity index (χ1v) is 9.21. The number of halogens is 1. The number of hydrogen-bond acceptors (Lipinski definition) is 4. The number of carbonyl (C=O) groups is 1. The molecule has 1 saturated heterocycles. The summed E-state index contributed by atoms with van der Waals surface area (Å²) in [5.41, 5.74) is 2.27. The van der Waals surface area contributed by atoms with Crippen molar-refractivity contribution in [3.63, 3.8) is 0 Å². The number of hydrogen-bond donors (Lipinski definition) is 0. The molecule has 0 atom stereocenters. The zero-order valence-electron chi connectivity index (χ0n) is 14.2. The van der Waals surface area contributed by atoms with E-state index in [4.69, 9.17) is 25.8 Å². The van der Waals surface area contributed by atoms with Crippen molar-refractivity contribution in [3.05, 3.63) is 34.3 Å². The van der Waals surface area contributed by atoms with Crippen LogP contribution in [0, 0.1) is 0 Å². The maximum Gasteiger partial charge on any atom is 0.306 e. The Hall–Kier alpha value is -1.10. The van der Waals surface area contributed by atoms with E-state index in [2.05, 4.69) is 12.1 Å². The molecule has 1 saturated carbocycles. The number of carbonyl (C=O) groups excluding carboxylic acids is 1. The largest absolute Gasteiger partial charge is 0.466 e. The van der Waals surface area contributed by atoms with Crippen LogP contribution in [0.4, 0.5) is 0 Å². The summed E-state index contributed by atoms with van der Waals surface area (Å²) in [6.07, 6.45) is 4.97. The second-order valence-electron chi connectivity index (χ2n) is 6.54. The Morgan fingerprint density at radius 2 is 2.00 bits per heavy atom. The molecule has 0 amide bonds. The van der Waals surface area contributed by atoms with Gasteiger partial charge in [0.15, 0.2) is 5.79 Å². The molecule has 4 nitrogen and oxygen atoms in total. The summed E-state index contributed by atoms with van der Waals surface area (Å²) in [6, 6.07) is 6.18. The predicted molar refractivity (Wildman–Crippen MR) is 92.3 cm³/mol. The van der Waals surface area contributed by atoms with E-state index in [-0.39, 0.29) is 11.8 Å². The van der Waals surface area contributed by atoms with Gasteiger partial charge in [-0.2, -0.15) is 0 Å². The Bertz CT molecular complexity index is 571. The second kappa shape index (κ2) is 7.85. The van der Waals surface area contributed by atoms with Gasteiger partial charge in [-0.3, -0.25) is 4.79 Å². The maximum atomic E-state index is 11.5. The van der Waals surface area contributed by atoms with E-state index in [1.807, 2.05) is 13.0 Å². The minimum absolute atomic E-state index is 0.160. The van der Waals surface area contributed by atoms with Gasteiger partial charge in [-0.1, -0.05) is 23.7 Å². The fourth-order valence-corrected chi connectivity index (χ4v) is 4.05. The van der Waals surface area contributed by atoms with Gasteiger partial charge in [0.05, 0.1) is 19.8 Å². The monoisotopic (exact) mass is 352 g/mol. The number of esters is 1. The molecule has 0 N–H and O–H groups in total. The molecule has 1 aromatic carbocycles. The molecule has 1 heterocycles. The first-order valence-electron chi connectivity index (χ1n) is 8.84. The first kappa shape index (κ1) is 17.7. The third-order valence-corrected chi connectivity index (χ3v) is 5.32. The summed E-state index contributed by atoms with van der Waals surface area (Å²) in [5.74, 6) is -0.0374. The molecule has 0 aromatic heterocycles. The Morgan fingerprint density at radius 1 is 1.29 bits per heavy atom. The molecule has 2 aliphatic rings. The van der Waals surface area contributed by atoms with Crippen molar-refractivity contribution in [1.29, 1.82) is 0 Å². The van der Waals surface area contributed by atoms with Gasteiger partial charge in [-0.15, -0.1) is 0 Å². The maximum absolute atomic E-state index is 11.5. The fourth-order valence-electron chi connectivity index (χ4n) is 3.69. The van der Waals surface area contributed by atoms with Gasteiger partial charge in [0.25, 0.3) is 0 Å². The third kappa shape index (κ3) is 4.11. The first-order chi connectivity index (χ1) is 11.6. The number of ether oxygens (including phenoxy) is 3. The molecule has 1 aliphatic heterocycles. The minimum Gasteiger partial charge on any atom is -0.466 e. The molecule has 24 heavy (non-hydrogen) atoms. The normalized spacial score (nSPS) is 20.4. The standard InChI is InChI=1S/C19H25ClO4/c1-2-22-18(21)6-4-14-3-5-16(17(20)13-14)15-7-9-19(10-8-15)23-11-12-24-19/h3,5,13,15H,2,4,6-12H2,1H3. The quantitative estimate of drug-likeness (QED) is 0.744. The van der Waals surface area contributed by atoms with Crippen LogP contribution in [0.5, 0.6) is 0 Å². The molecule has 1 aromatic rings. The van der Waals surface area contributed by atoms with E-state index < -0.39 is 0 Å². The average molecular weight is 353 g/mol. The fraction of sp³-hybridized carbons (Fsp3) is 0.632. The predicted octanol–water partition coefficient (Wildman–Crippen LogP) is 4.24. The van der Waals surface area contributed by atoms with E-state index in [1.54, 1.807) is 0 Å². The lowest BCUT2D eigenvalue weighted by Gasteiger charge is -2.35. The van der Waals surface area contributed by atoms with Gasteiger partial charge in [0.1, 0.15) is 0 Å². The van der Waals surface area contributed by atoms with Gasteiger partial charge in [0, 0.05) is 24.3 Å². The Labute approximate surface area is 148 Å². The molecular formula is C19H25ClO4. The molecule has 3 rings (SSSR count). The topological polar surface area (TPSA) is 44.8 Å². The lowest BCUT2D eigenvalue weighted by atomic mass is 9.80. The Morgan fingerprint density at radius 3 is 2.62 bits per heavy atom. The molecule has 1 aliphatic carbocycles. The van der Waals surface area contributed by atoms with Gasteiger partial charge in [-0.05, 0) is 49.3 Å². The van der Waals surface area contributed by atoms with E-state index in [1.165, 1.54) is 5.56 Å². The lowest BCUT2D eigenvalue weighted by molar-refractivity contribution is -0.178. The summed E-state index contributed by atoms with van der Waals surface area (Å²) < 4.78 is 16.5. The van der Waals surface area contributed by atoms with Crippen LogP contribution < -0.4 is 0 Å². The molecular weight excluding hydrogens is 328 g/mol. The highest BCUT2D eigenvalue weighted by atomic mass is 35.5. The van der Waals surface area contributed by atoms with E-state index >= 15 is 0 Å².